The second-order valence-corrected chi connectivity index (χ2v) is 4.49. The molecule has 0 heterocycles. The monoisotopic (exact) mass is 338 g/mol. The van der Waals surface area contributed by atoms with Gasteiger partial charge in [0.1, 0.15) is 11.6 Å². The SMILES string of the molecule is O=C(CCCBr)Oc1ccc(F)cc1Br. The zero-order valence-electron chi connectivity index (χ0n) is 7.80. The lowest BCUT2D eigenvalue weighted by Gasteiger charge is -2.05. The van der Waals surface area contributed by atoms with E-state index in [4.69, 9.17) is 4.74 Å². The number of rotatable bonds is 4. The summed E-state index contributed by atoms with van der Waals surface area (Å²) in [5.41, 5.74) is 0. The fraction of sp³-hybridized carbons (Fsp3) is 0.300. The molecule has 0 radical (unpaired) electrons. The molecule has 0 spiro atoms. The lowest BCUT2D eigenvalue weighted by molar-refractivity contribution is -0.134. The topological polar surface area (TPSA) is 26.3 Å². The Morgan fingerprint density at radius 1 is 1.47 bits per heavy atom. The van der Waals surface area contributed by atoms with Gasteiger partial charge in [-0.25, -0.2) is 4.39 Å². The fourth-order valence-corrected chi connectivity index (χ4v) is 1.65. The number of carbonyl (C=O) groups excluding carboxylic acids is 1. The third kappa shape index (κ3) is 4.30. The van der Waals surface area contributed by atoms with Gasteiger partial charge in [0.2, 0.25) is 0 Å². The summed E-state index contributed by atoms with van der Waals surface area (Å²) >= 11 is 6.34. The highest BCUT2D eigenvalue weighted by molar-refractivity contribution is 9.10. The first-order chi connectivity index (χ1) is 7.13. The number of benzene rings is 1. The molecule has 1 aromatic carbocycles. The Morgan fingerprint density at radius 3 is 2.80 bits per heavy atom. The smallest absolute Gasteiger partial charge is 0.311 e. The molecule has 1 rings (SSSR count). The molecule has 0 aromatic heterocycles. The van der Waals surface area contributed by atoms with E-state index in [0.717, 1.165) is 11.8 Å². The van der Waals surface area contributed by atoms with Crippen LogP contribution < -0.4 is 4.74 Å². The zero-order chi connectivity index (χ0) is 11.3. The Hall–Kier alpha value is -0.420. The van der Waals surface area contributed by atoms with Crippen LogP contribution in [0.2, 0.25) is 0 Å². The van der Waals surface area contributed by atoms with E-state index in [1.807, 2.05) is 0 Å². The molecule has 0 unspecified atom stereocenters. The van der Waals surface area contributed by atoms with Crippen molar-refractivity contribution in [1.29, 1.82) is 0 Å². The van der Waals surface area contributed by atoms with Gasteiger partial charge in [0.05, 0.1) is 4.47 Å². The van der Waals surface area contributed by atoms with Gasteiger partial charge in [-0.3, -0.25) is 4.79 Å². The molecule has 1 aromatic rings. The van der Waals surface area contributed by atoms with Crippen molar-refractivity contribution in [3.8, 4) is 5.75 Å². The Morgan fingerprint density at radius 2 is 2.20 bits per heavy atom. The van der Waals surface area contributed by atoms with Gasteiger partial charge in [-0.15, -0.1) is 0 Å². The van der Waals surface area contributed by atoms with Crippen molar-refractivity contribution in [2.75, 3.05) is 5.33 Å². The summed E-state index contributed by atoms with van der Waals surface area (Å²) in [7, 11) is 0. The summed E-state index contributed by atoms with van der Waals surface area (Å²) in [5, 5.41) is 0.757. The number of esters is 1. The van der Waals surface area contributed by atoms with Crippen LogP contribution in [0.25, 0.3) is 0 Å². The molecule has 0 aliphatic rings. The predicted molar refractivity (Wildman–Crippen MR) is 62.8 cm³/mol. The first kappa shape index (κ1) is 12.6. The molecule has 0 fully saturated rings. The average Bonchev–Trinajstić information content (AvgIpc) is 2.19. The van der Waals surface area contributed by atoms with E-state index < -0.39 is 0 Å². The number of carbonyl (C=O) groups is 1. The number of alkyl halides is 1. The predicted octanol–water partition coefficient (Wildman–Crippen LogP) is 3.67. The van der Waals surface area contributed by atoms with E-state index in [2.05, 4.69) is 31.9 Å². The average molecular weight is 340 g/mol. The van der Waals surface area contributed by atoms with Crippen LogP contribution >= 0.6 is 31.9 Å². The highest BCUT2D eigenvalue weighted by Crippen LogP contribution is 2.25. The maximum Gasteiger partial charge on any atom is 0.311 e. The molecule has 5 heteroatoms. The van der Waals surface area contributed by atoms with Crippen LogP contribution in [0.15, 0.2) is 22.7 Å². The third-order valence-corrected chi connectivity index (χ3v) is 2.81. The van der Waals surface area contributed by atoms with Crippen LogP contribution in [0.5, 0.6) is 5.75 Å². The van der Waals surface area contributed by atoms with Crippen LogP contribution in [0.1, 0.15) is 12.8 Å². The maximum atomic E-state index is 12.7. The number of hydrogen-bond acceptors (Lipinski definition) is 2. The number of ether oxygens (including phenoxy) is 1. The van der Waals surface area contributed by atoms with Crippen molar-refractivity contribution in [3.63, 3.8) is 0 Å². The quantitative estimate of drug-likeness (QED) is 0.475. The van der Waals surface area contributed by atoms with Crippen molar-refractivity contribution >= 4 is 37.8 Å². The fourth-order valence-electron chi connectivity index (χ4n) is 0.943. The maximum absolute atomic E-state index is 12.7. The summed E-state index contributed by atoms with van der Waals surface area (Å²) < 4.78 is 18.2. The summed E-state index contributed by atoms with van der Waals surface area (Å²) in [6.45, 7) is 0. The number of hydrogen-bond donors (Lipinski definition) is 0. The van der Waals surface area contributed by atoms with E-state index in [1.165, 1.54) is 18.2 Å². The van der Waals surface area contributed by atoms with Crippen molar-refractivity contribution in [2.24, 2.45) is 0 Å². The second-order valence-electron chi connectivity index (χ2n) is 2.84. The first-order valence-electron chi connectivity index (χ1n) is 4.35. The van der Waals surface area contributed by atoms with Crippen molar-refractivity contribution < 1.29 is 13.9 Å². The van der Waals surface area contributed by atoms with E-state index in [-0.39, 0.29) is 11.8 Å². The van der Waals surface area contributed by atoms with Crippen LogP contribution in [-0.4, -0.2) is 11.3 Å². The second kappa shape index (κ2) is 6.23. The Labute approximate surface area is 104 Å². The lowest BCUT2D eigenvalue weighted by Crippen LogP contribution is -2.08. The highest BCUT2D eigenvalue weighted by Gasteiger charge is 2.08. The van der Waals surface area contributed by atoms with Crippen LogP contribution in [0.3, 0.4) is 0 Å². The molecule has 0 bridgehead atoms. The lowest BCUT2D eigenvalue weighted by atomic mass is 10.3. The third-order valence-electron chi connectivity index (χ3n) is 1.63. The van der Waals surface area contributed by atoms with Gasteiger partial charge in [0, 0.05) is 11.8 Å². The zero-order valence-corrected chi connectivity index (χ0v) is 11.0. The molecule has 2 nitrogen and oxygen atoms in total. The van der Waals surface area contributed by atoms with Gasteiger partial charge >= 0.3 is 5.97 Å². The summed E-state index contributed by atoms with van der Waals surface area (Å²) in [6, 6.07) is 3.93. The standard InChI is InChI=1S/C10H9Br2FO2/c11-5-1-2-10(14)15-9-4-3-7(13)6-8(9)12/h3-4,6H,1-2,5H2. The Balaban J connectivity index is 2.60. The molecular formula is C10H9Br2FO2. The van der Waals surface area contributed by atoms with Gasteiger partial charge in [0.15, 0.2) is 0 Å². The van der Waals surface area contributed by atoms with Gasteiger partial charge in [-0.05, 0) is 40.5 Å². The summed E-state index contributed by atoms with van der Waals surface area (Å²) in [6.07, 6.45) is 1.06. The highest BCUT2D eigenvalue weighted by atomic mass is 79.9. The van der Waals surface area contributed by atoms with Crippen LogP contribution in [0, 0.1) is 5.82 Å². The normalized spacial score (nSPS) is 10.1. The van der Waals surface area contributed by atoms with E-state index >= 15 is 0 Å². The molecular weight excluding hydrogens is 331 g/mol. The molecule has 0 aliphatic carbocycles. The molecule has 0 saturated carbocycles. The summed E-state index contributed by atoms with van der Waals surface area (Å²) in [4.78, 5) is 11.3. The first-order valence-corrected chi connectivity index (χ1v) is 6.26. The molecule has 0 saturated heterocycles. The van der Waals surface area contributed by atoms with Crippen molar-refractivity contribution in [3.05, 3.63) is 28.5 Å². The molecule has 15 heavy (non-hydrogen) atoms. The van der Waals surface area contributed by atoms with Gasteiger partial charge in [0.25, 0.3) is 0 Å². The van der Waals surface area contributed by atoms with Gasteiger partial charge < -0.3 is 4.74 Å². The molecule has 0 aliphatic heterocycles. The minimum Gasteiger partial charge on any atom is -0.425 e. The largest absolute Gasteiger partial charge is 0.425 e. The van der Waals surface area contributed by atoms with Crippen LogP contribution in [0.4, 0.5) is 4.39 Å². The summed E-state index contributed by atoms with van der Waals surface area (Å²) in [5.74, 6) is -0.347. The Kier molecular flexibility index (Phi) is 5.25. The van der Waals surface area contributed by atoms with Crippen LogP contribution in [-0.2, 0) is 4.79 Å². The molecule has 0 atom stereocenters. The minimum atomic E-state index is -0.373. The minimum absolute atomic E-state index is 0.318. The van der Waals surface area contributed by atoms with Crippen molar-refractivity contribution in [1.82, 2.24) is 0 Å². The van der Waals surface area contributed by atoms with E-state index in [9.17, 15) is 9.18 Å². The van der Waals surface area contributed by atoms with Gasteiger partial charge in [-0.2, -0.15) is 0 Å². The van der Waals surface area contributed by atoms with E-state index in [0.29, 0.717) is 16.6 Å². The Bertz CT molecular complexity index is 355. The van der Waals surface area contributed by atoms with Crippen molar-refractivity contribution in [2.45, 2.75) is 12.8 Å². The number of halogens is 3. The molecule has 82 valence electrons. The molecule has 0 N–H and O–H groups in total. The molecule has 0 amide bonds. The van der Waals surface area contributed by atoms with Gasteiger partial charge in [-0.1, -0.05) is 15.9 Å². The van der Waals surface area contributed by atoms with E-state index in [1.54, 1.807) is 0 Å².